The Morgan fingerprint density at radius 2 is 2.00 bits per heavy atom. The van der Waals surface area contributed by atoms with Crippen molar-refractivity contribution in [2.24, 2.45) is 0 Å². The number of hydrogen-bond donors (Lipinski definition) is 1. The van der Waals surface area contributed by atoms with Gasteiger partial charge in [-0.1, -0.05) is 0 Å². The van der Waals surface area contributed by atoms with Crippen LogP contribution in [-0.4, -0.2) is 29.8 Å². The SMILES string of the molecule is COCc1c(N2CCCC2)c(F)cc2c(=O)[nH]c(=O)n(C3CC3)c12. The van der Waals surface area contributed by atoms with E-state index < -0.39 is 17.1 Å². The second-order valence-electron chi connectivity index (χ2n) is 6.57. The number of methoxy groups -OCH3 is 1. The van der Waals surface area contributed by atoms with Crippen molar-refractivity contribution in [1.29, 1.82) is 0 Å². The molecule has 0 unspecified atom stereocenters. The van der Waals surface area contributed by atoms with E-state index in [0.717, 1.165) is 38.8 Å². The molecule has 0 atom stereocenters. The van der Waals surface area contributed by atoms with E-state index in [0.29, 0.717) is 16.8 Å². The van der Waals surface area contributed by atoms with Gasteiger partial charge in [-0.25, -0.2) is 9.18 Å². The highest BCUT2D eigenvalue weighted by Gasteiger charge is 2.31. The van der Waals surface area contributed by atoms with E-state index in [1.165, 1.54) is 13.2 Å². The Kier molecular flexibility index (Phi) is 3.68. The lowest BCUT2D eigenvalue weighted by molar-refractivity contribution is 0.185. The van der Waals surface area contributed by atoms with Crippen LogP contribution in [-0.2, 0) is 11.3 Å². The number of H-pyrrole nitrogens is 1. The minimum Gasteiger partial charge on any atom is -0.380 e. The standard InChI is InChI=1S/C17H20FN3O3/c1-24-9-12-14-11(8-13(18)15(12)20-6-2-3-7-20)16(22)19-17(23)21(14)10-4-5-10/h8,10H,2-7,9H2,1H3,(H,19,22,23). The Morgan fingerprint density at radius 1 is 1.29 bits per heavy atom. The summed E-state index contributed by atoms with van der Waals surface area (Å²) < 4.78 is 21.8. The maximum absolute atomic E-state index is 14.8. The molecular formula is C17H20FN3O3. The molecule has 2 aromatic rings. The first-order chi connectivity index (χ1) is 11.6. The van der Waals surface area contributed by atoms with Crippen LogP contribution in [0.1, 0.15) is 37.3 Å². The molecule has 1 saturated heterocycles. The summed E-state index contributed by atoms with van der Waals surface area (Å²) in [4.78, 5) is 28.9. The molecular weight excluding hydrogens is 313 g/mol. The van der Waals surface area contributed by atoms with Gasteiger partial charge in [-0.2, -0.15) is 0 Å². The zero-order chi connectivity index (χ0) is 16.8. The van der Waals surface area contributed by atoms with Crippen molar-refractivity contribution in [3.63, 3.8) is 0 Å². The lowest BCUT2D eigenvalue weighted by atomic mass is 10.1. The molecule has 1 aliphatic heterocycles. The van der Waals surface area contributed by atoms with Gasteiger partial charge in [-0.05, 0) is 31.7 Å². The van der Waals surface area contributed by atoms with E-state index in [1.54, 1.807) is 4.57 Å². The zero-order valence-electron chi connectivity index (χ0n) is 13.6. The van der Waals surface area contributed by atoms with Gasteiger partial charge in [0.25, 0.3) is 5.56 Å². The lowest BCUT2D eigenvalue weighted by Gasteiger charge is -2.24. The number of benzene rings is 1. The average Bonchev–Trinajstić information content (AvgIpc) is 3.23. The van der Waals surface area contributed by atoms with Crippen molar-refractivity contribution in [2.45, 2.75) is 38.3 Å². The largest absolute Gasteiger partial charge is 0.380 e. The molecule has 0 spiro atoms. The van der Waals surface area contributed by atoms with Gasteiger partial charge in [0.1, 0.15) is 5.82 Å². The summed E-state index contributed by atoms with van der Waals surface area (Å²) in [7, 11) is 1.54. The summed E-state index contributed by atoms with van der Waals surface area (Å²) in [6, 6.07) is 1.34. The highest BCUT2D eigenvalue weighted by atomic mass is 19.1. The lowest BCUT2D eigenvalue weighted by Crippen LogP contribution is -2.31. The van der Waals surface area contributed by atoms with Crippen LogP contribution in [0.2, 0.25) is 0 Å². The van der Waals surface area contributed by atoms with Gasteiger partial charge in [-0.3, -0.25) is 14.3 Å². The van der Waals surface area contributed by atoms with Crippen molar-refractivity contribution in [3.05, 3.63) is 38.3 Å². The molecule has 0 radical (unpaired) electrons. The van der Waals surface area contributed by atoms with E-state index in [-0.39, 0.29) is 18.0 Å². The molecule has 1 aliphatic carbocycles. The number of halogens is 1. The fourth-order valence-electron chi connectivity index (χ4n) is 3.70. The summed E-state index contributed by atoms with van der Waals surface area (Å²) in [6.07, 6.45) is 3.80. The molecule has 128 valence electrons. The van der Waals surface area contributed by atoms with E-state index in [4.69, 9.17) is 4.74 Å². The molecule has 0 bridgehead atoms. The number of anilines is 1. The van der Waals surface area contributed by atoms with Crippen LogP contribution < -0.4 is 16.1 Å². The highest BCUT2D eigenvalue weighted by molar-refractivity contribution is 5.87. The second kappa shape index (κ2) is 5.73. The van der Waals surface area contributed by atoms with Gasteiger partial charge in [0, 0.05) is 31.8 Å². The molecule has 0 amide bonds. The number of nitrogens with zero attached hydrogens (tertiary/aromatic N) is 2. The fourth-order valence-corrected chi connectivity index (χ4v) is 3.70. The monoisotopic (exact) mass is 333 g/mol. The topological polar surface area (TPSA) is 67.3 Å². The molecule has 4 rings (SSSR count). The van der Waals surface area contributed by atoms with Crippen molar-refractivity contribution >= 4 is 16.6 Å². The zero-order valence-corrected chi connectivity index (χ0v) is 13.6. The first kappa shape index (κ1) is 15.4. The number of fused-ring (bicyclic) bond motifs is 1. The predicted octanol–water partition coefficient (Wildman–Crippen LogP) is 1.91. The molecule has 2 heterocycles. The van der Waals surface area contributed by atoms with Crippen LogP contribution in [0.15, 0.2) is 15.7 Å². The predicted molar refractivity (Wildman–Crippen MR) is 89.2 cm³/mol. The smallest absolute Gasteiger partial charge is 0.329 e. The summed E-state index contributed by atoms with van der Waals surface area (Å²) in [5.41, 5.74) is 0.629. The molecule has 2 fully saturated rings. The van der Waals surface area contributed by atoms with E-state index >= 15 is 0 Å². The van der Waals surface area contributed by atoms with E-state index in [2.05, 4.69) is 4.98 Å². The molecule has 1 N–H and O–H groups in total. The van der Waals surface area contributed by atoms with Crippen molar-refractivity contribution in [2.75, 3.05) is 25.1 Å². The summed E-state index contributed by atoms with van der Waals surface area (Å²) >= 11 is 0. The van der Waals surface area contributed by atoms with Crippen molar-refractivity contribution in [3.8, 4) is 0 Å². The Morgan fingerprint density at radius 3 is 2.62 bits per heavy atom. The fraction of sp³-hybridized carbons (Fsp3) is 0.529. The maximum atomic E-state index is 14.8. The van der Waals surface area contributed by atoms with Gasteiger partial charge in [0.05, 0.1) is 23.2 Å². The minimum atomic E-state index is -0.545. The van der Waals surface area contributed by atoms with Crippen LogP contribution in [0.5, 0.6) is 0 Å². The summed E-state index contributed by atoms with van der Waals surface area (Å²) in [5, 5.41) is 0.217. The van der Waals surface area contributed by atoms with Crippen LogP contribution in [0.4, 0.5) is 10.1 Å². The molecule has 7 heteroatoms. The minimum absolute atomic E-state index is 0.0735. The number of aromatic amines is 1. The van der Waals surface area contributed by atoms with Gasteiger partial charge < -0.3 is 9.64 Å². The average molecular weight is 333 g/mol. The second-order valence-corrected chi connectivity index (χ2v) is 6.57. The number of ether oxygens (including phenoxy) is 1. The molecule has 1 aromatic heterocycles. The number of aromatic nitrogens is 2. The third-order valence-electron chi connectivity index (χ3n) is 4.87. The summed E-state index contributed by atoms with van der Waals surface area (Å²) in [6.45, 7) is 1.71. The van der Waals surface area contributed by atoms with Crippen molar-refractivity contribution in [1.82, 2.24) is 9.55 Å². The quantitative estimate of drug-likeness (QED) is 0.928. The van der Waals surface area contributed by atoms with Gasteiger partial charge in [-0.15, -0.1) is 0 Å². The third kappa shape index (κ3) is 2.34. The molecule has 6 nitrogen and oxygen atoms in total. The van der Waals surface area contributed by atoms with Crippen LogP contribution >= 0.6 is 0 Å². The molecule has 2 aliphatic rings. The van der Waals surface area contributed by atoms with E-state index in [1.807, 2.05) is 4.90 Å². The molecule has 24 heavy (non-hydrogen) atoms. The van der Waals surface area contributed by atoms with Crippen molar-refractivity contribution < 1.29 is 9.13 Å². The van der Waals surface area contributed by atoms with Crippen LogP contribution in [0, 0.1) is 5.82 Å². The van der Waals surface area contributed by atoms with Crippen LogP contribution in [0.25, 0.3) is 10.9 Å². The number of nitrogens with one attached hydrogen (secondary N) is 1. The summed E-state index contributed by atoms with van der Waals surface area (Å²) in [5.74, 6) is -0.428. The molecule has 1 aromatic carbocycles. The Hall–Kier alpha value is -2.15. The van der Waals surface area contributed by atoms with E-state index in [9.17, 15) is 14.0 Å². The number of rotatable bonds is 4. The van der Waals surface area contributed by atoms with Crippen LogP contribution in [0.3, 0.4) is 0 Å². The van der Waals surface area contributed by atoms with Gasteiger partial charge >= 0.3 is 5.69 Å². The highest BCUT2D eigenvalue weighted by Crippen LogP contribution is 2.39. The Balaban J connectivity index is 2.11. The first-order valence-corrected chi connectivity index (χ1v) is 8.35. The first-order valence-electron chi connectivity index (χ1n) is 8.35. The maximum Gasteiger partial charge on any atom is 0.329 e. The Bertz CT molecular complexity index is 908. The van der Waals surface area contributed by atoms with Gasteiger partial charge in [0.2, 0.25) is 0 Å². The molecule has 1 saturated carbocycles. The number of hydrogen-bond acceptors (Lipinski definition) is 4. The third-order valence-corrected chi connectivity index (χ3v) is 4.87. The van der Waals surface area contributed by atoms with Gasteiger partial charge in [0.15, 0.2) is 0 Å². The normalized spacial score (nSPS) is 17.8. The Labute approximate surface area is 137 Å².